The minimum absolute atomic E-state index is 0.196. The Labute approximate surface area is 167 Å². The van der Waals surface area contributed by atoms with E-state index in [4.69, 9.17) is 0 Å². The molecule has 28 heavy (non-hydrogen) atoms. The summed E-state index contributed by atoms with van der Waals surface area (Å²) in [5.41, 5.74) is 2.87. The van der Waals surface area contributed by atoms with Crippen LogP contribution in [0.1, 0.15) is 47.2 Å². The number of nitrogens with one attached hydrogen (secondary N) is 1. The van der Waals surface area contributed by atoms with Gasteiger partial charge in [-0.3, -0.25) is 4.79 Å². The van der Waals surface area contributed by atoms with Crippen LogP contribution in [0.3, 0.4) is 0 Å². The lowest BCUT2D eigenvalue weighted by molar-refractivity contribution is 0.0953. The second-order valence-corrected chi connectivity index (χ2v) is 9.28. The summed E-state index contributed by atoms with van der Waals surface area (Å²) in [7, 11) is -3.53. The normalized spacial score (nSPS) is 15.3. The summed E-state index contributed by atoms with van der Waals surface area (Å²) >= 11 is 0. The summed E-state index contributed by atoms with van der Waals surface area (Å²) in [5, 5.41) is 2.89. The van der Waals surface area contributed by atoms with Crippen molar-refractivity contribution in [2.45, 2.75) is 43.9 Å². The molecule has 0 aromatic heterocycles. The summed E-state index contributed by atoms with van der Waals surface area (Å²) in [6.07, 6.45) is 4.57. The first kappa shape index (κ1) is 20.6. The smallest absolute Gasteiger partial charge is 0.251 e. The number of amides is 1. The predicted octanol–water partition coefficient (Wildman–Crippen LogP) is 3.53. The van der Waals surface area contributed by atoms with Crippen molar-refractivity contribution in [1.29, 1.82) is 0 Å². The Hall–Kier alpha value is -2.18. The van der Waals surface area contributed by atoms with Crippen LogP contribution in [0.25, 0.3) is 0 Å². The number of benzene rings is 2. The molecule has 5 nitrogen and oxygen atoms in total. The van der Waals surface area contributed by atoms with E-state index in [1.54, 1.807) is 18.2 Å². The molecule has 1 heterocycles. The van der Waals surface area contributed by atoms with Gasteiger partial charge >= 0.3 is 0 Å². The number of nitrogens with zero attached hydrogens (tertiary/aromatic N) is 1. The van der Waals surface area contributed by atoms with Crippen LogP contribution in [0, 0.1) is 6.92 Å². The van der Waals surface area contributed by atoms with E-state index in [0.29, 0.717) is 25.2 Å². The van der Waals surface area contributed by atoms with Crippen LogP contribution in [-0.4, -0.2) is 38.3 Å². The summed E-state index contributed by atoms with van der Waals surface area (Å²) in [6.45, 7) is 3.72. The van der Waals surface area contributed by atoms with Crippen LogP contribution in [0.15, 0.2) is 53.4 Å². The molecule has 6 heteroatoms. The quantitative estimate of drug-likeness (QED) is 0.723. The predicted molar refractivity (Wildman–Crippen MR) is 111 cm³/mol. The summed E-state index contributed by atoms with van der Waals surface area (Å²) in [6, 6.07) is 14.7. The minimum atomic E-state index is -3.53. The molecule has 150 valence electrons. The van der Waals surface area contributed by atoms with Crippen LogP contribution in [-0.2, 0) is 16.4 Å². The maximum atomic E-state index is 12.8. The van der Waals surface area contributed by atoms with E-state index in [0.717, 1.165) is 32.1 Å². The van der Waals surface area contributed by atoms with E-state index >= 15 is 0 Å². The van der Waals surface area contributed by atoms with Gasteiger partial charge in [0.05, 0.1) is 4.90 Å². The molecule has 1 aliphatic heterocycles. The van der Waals surface area contributed by atoms with Crippen molar-refractivity contribution >= 4 is 15.9 Å². The lowest BCUT2D eigenvalue weighted by Crippen LogP contribution is -2.35. The average molecular weight is 401 g/mol. The SMILES string of the molecule is Cc1cccc(CCCNC(=O)c2cccc(S(=O)(=O)N3CCCCC3)c2)c1. The van der Waals surface area contributed by atoms with Crippen LogP contribution < -0.4 is 5.32 Å². The van der Waals surface area contributed by atoms with Gasteiger partial charge in [-0.25, -0.2) is 8.42 Å². The monoisotopic (exact) mass is 400 g/mol. The first-order chi connectivity index (χ1) is 13.5. The second kappa shape index (κ2) is 9.34. The number of carbonyl (C=O) groups excluding carboxylic acids is 1. The van der Waals surface area contributed by atoms with E-state index in [1.165, 1.54) is 21.5 Å². The van der Waals surface area contributed by atoms with Gasteiger partial charge in [0.1, 0.15) is 0 Å². The van der Waals surface area contributed by atoms with Gasteiger partial charge in [0.25, 0.3) is 5.91 Å². The minimum Gasteiger partial charge on any atom is -0.352 e. The molecule has 1 amide bonds. The van der Waals surface area contributed by atoms with Gasteiger partial charge in [-0.2, -0.15) is 4.31 Å². The molecule has 0 unspecified atom stereocenters. The topological polar surface area (TPSA) is 66.5 Å². The third-order valence-corrected chi connectivity index (χ3v) is 6.95. The molecule has 0 aliphatic carbocycles. The first-order valence-corrected chi connectivity index (χ1v) is 11.3. The van der Waals surface area contributed by atoms with E-state index in [2.05, 4.69) is 30.4 Å². The zero-order valence-corrected chi connectivity index (χ0v) is 17.2. The first-order valence-electron chi connectivity index (χ1n) is 9.91. The van der Waals surface area contributed by atoms with E-state index in [1.807, 2.05) is 6.07 Å². The van der Waals surface area contributed by atoms with Gasteiger partial charge < -0.3 is 5.32 Å². The highest BCUT2D eigenvalue weighted by atomic mass is 32.2. The number of aryl methyl sites for hydroxylation is 2. The lowest BCUT2D eigenvalue weighted by atomic mass is 10.1. The van der Waals surface area contributed by atoms with E-state index < -0.39 is 10.0 Å². The van der Waals surface area contributed by atoms with Crippen LogP contribution in [0.5, 0.6) is 0 Å². The van der Waals surface area contributed by atoms with Gasteiger partial charge in [0, 0.05) is 25.2 Å². The molecule has 1 N–H and O–H groups in total. The van der Waals surface area contributed by atoms with Gasteiger partial charge in [0.2, 0.25) is 10.0 Å². The highest BCUT2D eigenvalue weighted by molar-refractivity contribution is 7.89. The molecule has 0 atom stereocenters. The molecule has 2 aromatic rings. The number of hydrogen-bond acceptors (Lipinski definition) is 3. The number of piperidine rings is 1. The van der Waals surface area contributed by atoms with Gasteiger partial charge in [-0.15, -0.1) is 0 Å². The molecule has 0 spiro atoms. The maximum Gasteiger partial charge on any atom is 0.251 e. The molecular formula is C22H28N2O3S. The van der Waals surface area contributed by atoms with Gasteiger partial charge in [-0.1, -0.05) is 42.3 Å². The Morgan fingerprint density at radius 2 is 1.79 bits per heavy atom. The maximum absolute atomic E-state index is 12.8. The van der Waals surface area contributed by atoms with Crippen molar-refractivity contribution < 1.29 is 13.2 Å². The molecule has 0 radical (unpaired) electrons. The highest BCUT2D eigenvalue weighted by Crippen LogP contribution is 2.21. The summed E-state index contributed by atoms with van der Waals surface area (Å²) in [5.74, 6) is -0.236. The van der Waals surface area contributed by atoms with Crippen molar-refractivity contribution in [3.63, 3.8) is 0 Å². The largest absolute Gasteiger partial charge is 0.352 e. The fourth-order valence-corrected chi connectivity index (χ4v) is 5.08. The Morgan fingerprint density at radius 1 is 1.04 bits per heavy atom. The molecule has 3 rings (SSSR count). The van der Waals surface area contributed by atoms with Crippen molar-refractivity contribution in [3.8, 4) is 0 Å². The summed E-state index contributed by atoms with van der Waals surface area (Å²) < 4.78 is 27.1. The molecule has 1 aliphatic rings. The van der Waals surface area contributed by atoms with Gasteiger partial charge in [-0.05, 0) is 56.4 Å². The Bertz CT molecular complexity index is 919. The van der Waals surface area contributed by atoms with Crippen molar-refractivity contribution in [2.75, 3.05) is 19.6 Å². The van der Waals surface area contributed by atoms with Crippen molar-refractivity contribution in [3.05, 3.63) is 65.2 Å². The highest BCUT2D eigenvalue weighted by Gasteiger charge is 2.26. The Balaban J connectivity index is 1.57. The molecule has 1 saturated heterocycles. The van der Waals surface area contributed by atoms with Crippen LogP contribution in [0.2, 0.25) is 0 Å². The third kappa shape index (κ3) is 5.20. The third-order valence-electron chi connectivity index (χ3n) is 5.06. The zero-order chi connectivity index (χ0) is 20.0. The molecule has 1 fully saturated rings. The number of sulfonamides is 1. The van der Waals surface area contributed by atoms with Crippen molar-refractivity contribution in [2.24, 2.45) is 0 Å². The fourth-order valence-electron chi connectivity index (χ4n) is 3.52. The molecule has 0 bridgehead atoms. The average Bonchev–Trinajstić information content (AvgIpc) is 2.72. The van der Waals surface area contributed by atoms with E-state index in [-0.39, 0.29) is 10.8 Å². The van der Waals surface area contributed by atoms with Gasteiger partial charge in [0.15, 0.2) is 0 Å². The zero-order valence-electron chi connectivity index (χ0n) is 16.4. The Kier molecular flexibility index (Phi) is 6.86. The molecular weight excluding hydrogens is 372 g/mol. The fraction of sp³-hybridized carbons (Fsp3) is 0.409. The molecule has 2 aromatic carbocycles. The molecule has 0 saturated carbocycles. The Morgan fingerprint density at radius 3 is 2.54 bits per heavy atom. The number of carbonyl (C=O) groups is 1. The standard InChI is InChI=1S/C22H28N2O3S/c1-18-8-5-9-19(16-18)10-7-13-23-22(25)20-11-6-12-21(17-20)28(26,27)24-14-3-2-4-15-24/h5-6,8-9,11-12,16-17H,2-4,7,10,13-15H2,1H3,(H,23,25). The number of rotatable bonds is 7. The van der Waals surface area contributed by atoms with Crippen LogP contribution >= 0.6 is 0 Å². The van der Waals surface area contributed by atoms with E-state index in [9.17, 15) is 13.2 Å². The van der Waals surface area contributed by atoms with Crippen LogP contribution in [0.4, 0.5) is 0 Å². The second-order valence-electron chi connectivity index (χ2n) is 7.34. The summed E-state index contributed by atoms with van der Waals surface area (Å²) in [4.78, 5) is 12.6. The number of hydrogen-bond donors (Lipinski definition) is 1. The van der Waals surface area contributed by atoms with Crippen molar-refractivity contribution in [1.82, 2.24) is 9.62 Å². The lowest BCUT2D eigenvalue weighted by Gasteiger charge is -2.26.